The number of hydrogen-bond donors (Lipinski definition) is 1. The first-order valence-electron chi connectivity index (χ1n) is 7.25. The van der Waals surface area contributed by atoms with Gasteiger partial charge >= 0.3 is 11.9 Å². The molecule has 0 amide bonds. The fourth-order valence-corrected chi connectivity index (χ4v) is 2.01. The molecule has 3 aromatic rings. The second-order valence-electron chi connectivity index (χ2n) is 4.88. The first-order valence-corrected chi connectivity index (χ1v) is 7.25. The van der Waals surface area contributed by atoms with Crippen molar-refractivity contribution in [3.05, 3.63) is 53.7 Å². The minimum Gasteiger partial charge on any atom is -0.461 e. The summed E-state index contributed by atoms with van der Waals surface area (Å²) >= 11 is 0. The van der Waals surface area contributed by atoms with Crippen LogP contribution in [0, 0.1) is 0 Å². The van der Waals surface area contributed by atoms with Crippen LogP contribution in [-0.2, 0) is 16.1 Å². The summed E-state index contributed by atoms with van der Waals surface area (Å²) in [6.07, 6.45) is 4.59. The predicted molar refractivity (Wildman–Crippen MR) is 83.2 cm³/mol. The second kappa shape index (κ2) is 6.86. The first kappa shape index (κ1) is 15.6. The van der Waals surface area contributed by atoms with Gasteiger partial charge in [-0.05, 0) is 19.1 Å². The summed E-state index contributed by atoms with van der Waals surface area (Å²) in [6.45, 7) is 2.04. The Morgan fingerprint density at radius 2 is 1.83 bits per heavy atom. The number of pyridine rings is 2. The van der Waals surface area contributed by atoms with Crippen molar-refractivity contribution >= 4 is 22.8 Å². The van der Waals surface area contributed by atoms with Crippen LogP contribution in [0.2, 0.25) is 0 Å². The molecule has 1 N–H and O–H groups in total. The van der Waals surface area contributed by atoms with Gasteiger partial charge in [0.15, 0.2) is 0 Å². The summed E-state index contributed by atoms with van der Waals surface area (Å²) in [4.78, 5) is 31.6. The number of fused-ring (bicyclic) bond motifs is 1. The first-order chi connectivity index (χ1) is 11.7. The summed E-state index contributed by atoms with van der Waals surface area (Å²) in [5, 5.41) is 7.40. The molecule has 0 unspecified atom stereocenters. The Balaban J connectivity index is 1.62. The molecule has 3 rings (SSSR count). The maximum Gasteiger partial charge on any atom is 0.357 e. The monoisotopic (exact) mass is 326 g/mol. The number of carbonyl (C=O) groups is 2. The van der Waals surface area contributed by atoms with Gasteiger partial charge in [0.1, 0.15) is 18.0 Å². The van der Waals surface area contributed by atoms with E-state index in [2.05, 4.69) is 20.2 Å². The van der Waals surface area contributed by atoms with E-state index in [0.29, 0.717) is 5.56 Å². The van der Waals surface area contributed by atoms with Crippen LogP contribution in [0.1, 0.15) is 33.5 Å². The van der Waals surface area contributed by atoms with Crippen molar-refractivity contribution < 1.29 is 19.1 Å². The molecule has 0 atom stereocenters. The van der Waals surface area contributed by atoms with Crippen LogP contribution in [-0.4, -0.2) is 38.7 Å². The number of H-pyrrole nitrogens is 1. The summed E-state index contributed by atoms with van der Waals surface area (Å²) in [5.41, 5.74) is 1.80. The van der Waals surface area contributed by atoms with Gasteiger partial charge < -0.3 is 9.47 Å². The zero-order valence-corrected chi connectivity index (χ0v) is 12.9. The molecule has 3 heterocycles. The molecule has 8 heteroatoms. The third-order valence-corrected chi connectivity index (χ3v) is 3.21. The average molecular weight is 326 g/mol. The Bertz CT molecular complexity index is 873. The van der Waals surface area contributed by atoms with E-state index >= 15 is 0 Å². The van der Waals surface area contributed by atoms with Gasteiger partial charge in [-0.3, -0.25) is 5.10 Å². The van der Waals surface area contributed by atoms with Crippen molar-refractivity contribution in [2.75, 3.05) is 6.61 Å². The number of nitrogens with zero attached hydrogens (tertiary/aromatic N) is 3. The number of aromatic nitrogens is 4. The van der Waals surface area contributed by atoms with Gasteiger partial charge in [-0.2, -0.15) is 5.10 Å². The fourth-order valence-electron chi connectivity index (χ4n) is 2.01. The lowest BCUT2D eigenvalue weighted by Gasteiger charge is -2.05. The lowest BCUT2D eigenvalue weighted by Crippen LogP contribution is -2.09. The SMILES string of the molecule is CCOC(=O)c1ccc(COC(=O)c2cc3cn[nH]c3cn2)cn1. The van der Waals surface area contributed by atoms with Crippen LogP contribution in [0.3, 0.4) is 0 Å². The molecule has 0 bridgehead atoms. The number of ether oxygens (including phenoxy) is 2. The fraction of sp³-hybridized carbons (Fsp3) is 0.188. The second-order valence-corrected chi connectivity index (χ2v) is 4.88. The normalized spacial score (nSPS) is 10.5. The zero-order valence-electron chi connectivity index (χ0n) is 12.9. The molecule has 8 nitrogen and oxygen atoms in total. The van der Waals surface area contributed by atoms with E-state index in [1.807, 2.05) is 0 Å². The number of hydrogen-bond acceptors (Lipinski definition) is 7. The average Bonchev–Trinajstić information content (AvgIpc) is 3.08. The molecule has 122 valence electrons. The number of carbonyl (C=O) groups excluding carboxylic acids is 2. The Kier molecular flexibility index (Phi) is 4.46. The number of nitrogens with one attached hydrogen (secondary N) is 1. The van der Waals surface area contributed by atoms with E-state index in [0.717, 1.165) is 10.9 Å². The molecular formula is C16H14N4O4. The van der Waals surface area contributed by atoms with E-state index < -0.39 is 11.9 Å². The van der Waals surface area contributed by atoms with Crippen molar-refractivity contribution in [1.29, 1.82) is 0 Å². The lowest BCUT2D eigenvalue weighted by molar-refractivity contribution is 0.0461. The van der Waals surface area contributed by atoms with Crippen LogP contribution in [0.15, 0.2) is 36.8 Å². The van der Waals surface area contributed by atoms with Gasteiger partial charge in [0.25, 0.3) is 0 Å². The number of rotatable bonds is 5. The Hall–Kier alpha value is -3.29. The van der Waals surface area contributed by atoms with E-state index in [-0.39, 0.29) is 24.6 Å². The Labute approximate surface area is 136 Å². The molecule has 0 aliphatic carbocycles. The van der Waals surface area contributed by atoms with Crippen LogP contribution >= 0.6 is 0 Å². The summed E-state index contributed by atoms with van der Waals surface area (Å²) in [6, 6.07) is 4.78. The molecule has 0 aliphatic heterocycles. The summed E-state index contributed by atoms with van der Waals surface area (Å²) in [5.74, 6) is -1.04. The molecule has 3 aromatic heterocycles. The molecule has 0 aliphatic rings. The summed E-state index contributed by atoms with van der Waals surface area (Å²) in [7, 11) is 0. The van der Waals surface area contributed by atoms with Gasteiger partial charge in [-0.1, -0.05) is 6.07 Å². The van der Waals surface area contributed by atoms with Gasteiger partial charge in [0.05, 0.1) is 24.5 Å². The van der Waals surface area contributed by atoms with E-state index in [9.17, 15) is 9.59 Å². The highest BCUT2D eigenvalue weighted by atomic mass is 16.5. The van der Waals surface area contributed by atoms with Crippen molar-refractivity contribution in [3.63, 3.8) is 0 Å². The van der Waals surface area contributed by atoms with Crippen molar-refractivity contribution in [1.82, 2.24) is 20.2 Å². The Morgan fingerprint density at radius 1 is 1.04 bits per heavy atom. The molecule has 0 fully saturated rings. The van der Waals surface area contributed by atoms with Gasteiger partial charge in [-0.25, -0.2) is 19.6 Å². The van der Waals surface area contributed by atoms with Gasteiger partial charge in [0.2, 0.25) is 0 Å². The number of esters is 2. The maximum absolute atomic E-state index is 12.0. The highest BCUT2D eigenvalue weighted by Gasteiger charge is 2.12. The minimum atomic E-state index is -0.549. The maximum atomic E-state index is 12.0. The van der Waals surface area contributed by atoms with Crippen molar-refractivity contribution in [3.8, 4) is 0 Å². The summed E-state index contributed by atoms with van der Waals surface area (Å²) < 4.78 is 10.0. The molecular weight excluding hydrogens is 312 g/mol. The van der Waals surface area contributed by atoms with Crippen molar-refractivity contribution in [2.24, 2.45) is 0 Å². The molecule has 0 spiro atoms. The van der Waals surface area contributed by atoms with E-state index in [4.69, 9.17) is 9.47 Å². The van der Waals surface area contributed by atoms with Crippen LogP contribution in [0.5, 0.6) is 0 Å². The predicted octanol–water partition coefficient (Wildman–Crippen LogP) is 1.89. The third kappa shape index (κ3) is 3.37. The zero-order chi connectivity index (χ0) is 16.9. The van der Waals surface area contributed by atoms with E-state index in [1.54, 1.807) is 25.3 Å². The smallest absolute Gasteiger partial charge is 0.357 e. The van der Waals surface area contributed by atoms with Gasteiger partial charge in [0, 0.05) is 17.1 Å². The van der Waals surface area contributed by atoms with Crippen LogP contribution in [0.4, 0.5) is 0 Å². The van der Waals surface area contributed by atoms with Crippen molar-refractivity contribution in [2.45, 2.75) is 13.5 Å². The highest BCUT2D eigenvalue weighted by molar-refractivity contribution is 5.91. The van der Waals surface area contributed by atoms with E-state index in [1.165, 1.54) is 18.5 Å². The quantitative estimate of drug-likeness (QED) is 0.713. The third-order valence-electron chi connectivity index (χ3n) is 3.21. The molecule has 0 aromatic carbocycles. The number of aromatic amines is 1. The molecule has 0 saturated heterocycles. The van der Waals surface area contributed by atoms with Crippen LogP contribution < -0.4 is 0 Å². The largest absolute Gasteiger partial charge is 0.461 e. The Morgan fingerprint density at radius 3 is 2.58 bits per heavy atom. The topological polar surface area (TPSA) is 107 Å². The molecule has 24 heavy (non-hydrogen) atoms. The van der Waals surface area contributed by atoms with Crippen LogP contribution in [0.25, 0.3) is 10.9 Å². The molecule has 0 saturated carbocycles. The molecule has 0 radical (unpaired) electrons. The standard InChI is InChI=1S/C16H14N4O4/c1-2-23-15(21)12-4-3-10(6-17-12)9-24-16(22)13-5-11-7-19-20-14(11)8-18-13/h3-8H,2,9H2,1H3,(H,19,20). The minimum absolute atomic E-state index is 0.0278. The van der Waals surface area contributed by atoms with Gasteiger partial charge in [-0.15, -0.1) is 0 Å². The highest BCUT2D eigenvalue weighted by Crippen LogP contribution is 2.12. The lowest BCUT2D eigenvalue weighted by atomic mass is 10.2.